The monoisotopic (exact) mass is 288 g/mol. The molecular weight excluding hydrogens is 275 g/mol. The lowest BCUT2D eigenvalue weighted by Crippen LogP contribution is -1.98. The van der Waals surface area contributed by atoms with Crippen LogP contribution in [0, 0.1) is 0 Å². The first-order valence-corrected chi connectivity index (χ1v) is 6.30. The van der Waals surface area contributed by atoms with Crippen LogP contribution in [0.3, 0.4) is 0 Å². The number of hydrogen-bond acceptors (Lipinski definition) is 1. The molecule has 1 rings (SSSR count). The Balaban J connectivity index is 2.62. The zero-order valence-electron chi connectivity index (χ0n) is 8.72. The van der Waals surface area contributed by atoms with E-state index in [1.165, 1.54) is 0 Å². The maximum atomic E-state index is 11.7. The first-order chi connectivity index (χ1) is 7.15. The summed E-state index contributed by atoms with van der Waals surface area (Å²) < 4.78 is 0.828. The van der Waals surface area contributed by atoms with Gasteiger partial charge < -0.3 is 0 Å². The lowest BCUT2D eigenvalue weighted by atomic mass is 10.1. The summed E-state index contributed by atoms with van der Waals surface area (Å²) in [5.41, 5.74) is 0.708. The number of rotatable bonds is 5. The van der Waals surface area contributed by atoms with Crippen molar-refractivity contribution in [3.63, 3.8) is 0 Å². The highest BCUT2D eigenvalue weighted by molar-refractivity contribution is 9.10. The Bertz CT molecular complexity index is 349. The van der Waals surface area contributed by atoms with Crippen LogP contribution in [-0.4, -0.2) is 5.78 Å². The molecule has 0 saturated carbocycles. The Morgan fingerprint density at radius 2 is 2.13 bits per heavy atom. The van der Waals surface area contributed by atoms with Gasteiger partial charge in [-0.25, -0.2) is 0 Å². The van der Waals surface area contributed by atoms with Crippen LogP contribution in [0.15, 0.2) is 22.7 Å². The minimum atomic E-state index is 0.179. The summed E-state index contributed by atoms with van der Waals surface area (Å²) in [5.74, 6) is 0.179. The van der Waals surface area contributed by atoms with E-state index in [9.17, 15) is 4.79 Å². The van der Waals surface area contributed by atoms with Gasteiger partial charge in [0, 0.05) is 16.5 Å². The fourth-order valence-electron chi connectivity index (χ4n) is 1.35. The van der Waals surface area contributed by atoms with Gasteiger partial charge in [-0.2, -0.15) is 0 Å². The van der Waals surface area contributed by atoms with Crippen LogP contribution in [-0.2, 0) is 0 Å². The van der Waals surface area contributed by atoms with Crippen molar-refractivity contribution in [2.75, 3.05) is 0 Å². The van der Waals surface area contributed by atoms with Crippen molar-refractivity contribution in [1.82, 2.24) is 0 Å². The summed E-state index contributed by atoms with van der Waals surface area (Å²) in [6.07, 6.45) is 3.82. The minimum absolute atomic E-state index is 0.179. The topological polar surface area (TPSA) is 17.1 Å². The Kier molecular flexibility index (Phi) is 5.34. The van der Waals surface area contributed by atoms with Crippen molar-refractivity contribution in [3.8, 4) is 0 Å². The molecule has 3 heteroatoms. The molecule has 0 aliphatic rings. The van der Waals surface area contributed by atoms with E-state index < -0.39 is 0 Å². The lowest BCUT2D eigenvalue weighted by Gasteiger charge is -2.02. The SMILES string of the molecule is CCCCCC(=O)c1ccc(Br)c(Cl)c1. The number of halogens is 2. The molecule has 0 amide bonds. The van der Waals surface area contributed by atoms with E-state index >= 15 is 0 Å². The average molecular weight is 290 g/mol. The van der Waals surface area contributed by atoms with Crippen LogP contribution < -0.4 is 0 Å². The summed E-state index contributed by atoms with van der Waals surface area (Å²) in [5, 5.41) is 0.594. The second-order valence-electron chi connectivity index (χ2n) is 3.51. The maximum Gasteiger partial charge on any atom is 0.162 e. The van der Waals surface area contributed by atoms with Crippen LogP contribution in [0.25, 0.3) is 0 Å². The van der Waals surface area contributed by atoms with Crippen LogP contribution in [0.2, 0.25) is 5.02 Å². The summed E-state index contributed by atoms with van der Waals surface area (Å²) >= 11 is 9.22. The molecule has 1 aromatic rings. The van der Waals surface area contributed by atoms with Gasteiger partial charge in [-0.05, 0) is 34.5 Å². The van der Waals surface area contributed by atoms with Gasteiger partial charge in [0.1, 0.15) is 0 Å². The first kappa shape index (κ1) is 12.7. The van der Waals surface area contributed by atoms with E-state index in [-0.39, 0.29) is 5.78 Å². The van der Waals surface area contributed by atoms with Gasteiger partial charge in [0.25, 0.3) is 0 Å². The quantitative estimate of drug-likeness (QED) is 0.558. The standard InChI is InChI=1S/C12H14BrClO/c1-2-3-4-5-12(15)9-6-7-10(13)11(14)8-9/h6-8H,2-5H2,1H3. The van der Waals surface area contributed by atoms with Gasteiger partial charge in [-0.3, -0.25) is 4.79 Å². The summed E-state index contributed by atoms with van der Waals surface area (Å²) in [6, 6.07) is 5.35. The van der Waals surface area contributed by atoms with E-state index in [4.69, 9.17) is 11.6 Å². The molecule has 0 radical (unpaired) electrons. The molecule has 0 aliphatic carbocycles. The van der Waals surface area contributed by atoms with E-state index in [1.54, 1.807) is 6.07 Å². The summed E-state index contributed by atoms with van der Waals surface area (Å²) in [6.45, 7) is 2.13. The molecule has 82 valence electrons. The Hall–Kier alpha value is -0.340. The third-order valence-electron chi connectivity index (χ3n) is 2.25. The molecule has 0 atom stereocenters. The van der Waals surface area contributed by atoms with Crippen molar-refractivity contribution < 1.29 is 4.79 Å². The van der Waals surface area contributed by atoms with Crippen molar-refractivity contribution in [1.29, 1.82) is 0 Å². The number of benzene rings is 1. The molecule has 0 fully saturated rings. The largest absolute Gasteiger partial charge is 0.294 e. The van der Waals surface area contributed by atoms with Crippen molar-refractivity contribution in [3.05, 3.63) is 33.3 Å². The van der Waals surface area contributed by atoms with Gasteiger partial charge >= 0.3 is 0 Å². The summed E-state index contributed by atoms with van der Waals surface area (Å²) in [4.78, 5) is 11.7. The molecule has 0 saturated heterocycles. The zero-order valence-corrected chi connectivity index (χ0v) is 11.1. The molecule has 0 aliphatic heterocycles. The average Bonchev–Trinajstić information content (AvgIpc) is 2.22. The Labute approximate surface area is 104 Å². The fourth-order valence-corrected chi connectivity index (χ4v) is 1.78. The van der Waals surface area contributed by atoms with Crippen LogP contribution >= 0.6 is 27.5 Å². The fraction of sp³-hybridized carbons (Fsp3) is 0.417. The van der Waals surface area contributed by atoms with Crippen molar-refractivity contribution in [2.45, 2.75) is 32.6 Å². The minimum Gasteiger partial charge on any atom is -0.294 e. The van der Waals surface area contributed by atoms with E-state index in [0.29, 0.717) is 17.0 Å². The van der Waals surface area contributed by atoms with Gasteiger partial charge in [0.05, 0.1) is 5.02 Å². The van der Waals surface area contributed by atoms with Crippen LogP contribution in [0.1, 0.15) is 43.0 Å². The molecule has 0 heterocycles. The van der Waals surface area contributed by atoms with Crippen molar-refractivity contribution in [2.24, 2.45) is 0 Å². The van der Waals surface area contributed by atoms with Gasteiger partial charge in [0.2, 0.25) is 0 Å². The summed E-state index contributed by atoms with van der Waals surface area (Å²) in [7, 11) is 0. The predicted molar refractivity (Wildman–Crippen MR) is 67.6 cm³/mol. The Morgan fingerprint density at radius 3 is 2.73 bits per heavy atom. The number of carbonyl (C=O) groups is 1. The molecular formula is C12H14BrClO. The number of Topliss-reactive ketones (excluding diaryl/α,β-unsaturated/α-hetero) is 1. The predicted octanol–water partition coefficient (Wildman–Crippen LogP) is 4.87. The van der Waals surface area contributed by atoms with Crippen LogP contribution in [0.4, 0.5) is 0 Å². The highest BCUT2D eigenvalue weighted by Crippen LogP contribution is 2.24. The molecule has 0 spiro atoms. The third-order valence-corrected chi connectivity index (χ3v) is 3.48. The normalized spacial score (nSPS) is 10.3. The van der Waals surface area contributed by atoms with Crippen molar-refractivity contribution >= 4 is 33.3 Å². The second-order valence-corrected chi connectivity index (χ2v) is 4.77. The first-order valence-electron chi connectivity index (χ1n) is 5.13. The number of hydrogen-bond donors (Lipinski definition) is 0. The molecule has 1 nitrogen and oxygen atoms in total. The highest BCUT2D eigenvalue weighted by Gasteiger charge is 2.07. The number of ketones is 1. The zero-order chi connectivity index (χ0) is 11.3. The van der Waals surface area contributed by atoms with E-state index in [1.807, 2.05) is 12.1 Å². The molecule has 0 bridgehead atoms. The number of carbonyl (C=O) groups excluding carboxylic acids is 1. The maximum absolute atomic E-state index is 11.7. The second kappa shape index (κ2) is 6.29. The van der Waals surface area contributed by atoms with Crippen LogP contribution in [0.5, 0.6) is 0 Å². The highest BCUT2D eigenvalue weighted by atomic mass is 79.9. The molecule has 1 aromatic carbocycles. The molecule has 0 N–H and O–H groups in total. The van der Waals surface area contributed by atoms with E-state index in [0.717, 1.165) is 23.7 Å². The molecule has 15 heavy (non-hydrogen) atoms. The smallest absolute Gasteiger partial charge is 0.162 e. The van der Waals surface area contributed by atoms with Gasteiger partial charge in [-0.15, -0.1) is 0 Å². The van der Waals surface area contributed by atoms with Gasteiger partial charge in [0.15, 0.2) is 5.78 Å². The molecule has 0 unspecified atom stereocenters. The number of unbranched alkanes of at least 4 members (excludes halogenated alkanes) is 2. The lowest BCUT2D eigenvalue weighted by molar-refractivity contribution is 0.0979. The molecule has 0 aromatic heterocycles. The van der Waals surface area contributed by atoms with E-state index in [2.05, 4.69) is 22.9 Å². The third kappa shape index (κ3) is 3.96. The Morgan fingerprint density at radius 1 is 1.40 bits per heavy atom. The van der Waals surface area contributed by atoms with Gasteiger partial charge in [-0.1, -0.05) is 37.4 Å².